The van der Waals surface area contributed by atoms with Crippen molar-refractivity contribution >= 4 is 0 Å². The number of rotatable bonds is 3. The number of nitrogens with one attached hydrogen (secondary N) is 1. The molecule has 0 aliphatic carbocycles. The van der Waals surface area contributed by atoms with Gasteiger partial charge in [-0.2, -0.15) is 5.10 Å². The van der Waals surface area contributed by atoms with Gasteiger partial charge in [-0.1, -0.05) is 54.6 Å². The van der Waals surface area contributed by atoms with Gasteiger partial charge in [0.05, 0.1) is 11.4 Å². The Labute approximate surface area is 112 Å². The van der Waals surface area contributed by atoms with E-state index in [1.54, 1.807) is 0 Å². The molecule has 0 spiro atoms. The molecule has 0 aliphatic rings. The molecule has 2 aromatic carbocycles. The lowest BCUT2D eigenvalue weighted by Gasteiger charge is -1.99. The molecule has 94 valence electrons. The highest BCUT2D eigenvalue weighted by Gasteiger charge is 2.05. The van der Waals surface area contributed by atoms with Crippen molar-refractivity contribution in [2.24, 2.45) is 5.73 Å². The minimum atomic E-state index is 0.568. The van der Waals surface area contributed by atoms with Crippen LogP contribution in [0.5, 0.6) is 0 Å². The normalized spacial score (nSPS) is 10.6. The largest absolute Gasteiger partial charge is 0.326 e. The van der Waals surface area contributed by atoms with E-state index in [0.717, 1.165) is 28.1 Å². The zero-order chi connectivity index (χ0) is 13.1. The smallest absolute Gasteiger partial charge is 0.0927 e. The van der Waals surface area contributed by atoms with Gasteiger partial charge in [-0.15, -0.1) is 0 Å². The van der Waals surface area contributed by atoms with Crippen LogP contribution in [0.25, 0.3) is 22.5 Å². The van der Waals surface area contributed by atoms with Crippen molar-refractivity contribution in [1.29, 1.82) is 0 Å². The van der Waals surface area contributed by atoms with Gasteiger partial charge in [0.15, 0.2) is 0 Å². The molecule has 0 atom stereocenters. The second kappa shape index (κ2) is 5.08. The molecule has 3 nitrogen and oxygen atoms in total. The first-order chi connectivity index (χ1) is 9.36. The Balaban J connectivity index is 1.92. The van der Waals surface area contributed by atoms with Crippen LogP contribution >= 0.6 is 0 Å². The van der Waals surface area contributed by atoms with Crippen LogP contribution in [0.2, 0.25) is 0 Å². The molecule has 0 saturated heterocycles. The van der Waals surface area contributed by atoms with Crippen molar-refractivity contribution in [1.82, 2.24) is 10.2 Å². The molecule has 1 heterocycles. The summed E-state index contributed by atoms with van der Waals surface area (Å²) in [5.41, 5.74) is 10.9. The van der Waals surface area contributed by atoms with Gasteiger partial charge in [0.25, 0.3) is 0 Å². The lowest BCUT2D eigenvalue weighted by atomic mass is 10.1. The fourth-order valence-electron chi connectivity index (χ4n) is 2.05. The van der Waals surface area contributed by atoms with Gasteiger partial charge < -0.3 is 5.73 Å². The van der Waals surface area contributed by atoms with Gasteiger partial charge in [-0.05, 0) is 17.2 Å². The van der Waals surface area contributed by atoms with E-state index in [1.807, 2.05) is 30.3 Å². The maximum Gasteiger partial charge on any atom is 0.0927 e. The second-order valence-corrected chi connectivity index (χ2v) is 4.43. The molecule has 0 unspecified atom stereocenters. The first kappa shape index (κ1) is 11.7. The summed E-state index contributed by atoms with van der Waals surface area (Å²) in [6.07, 6.45) is 0. The average Bonchev–Trinajstić information content (AvgIpc) is 2.98. The Kier molecular flexibility index (Phi) is 3.12. The van der Waals surface area contributed by atoms with Crippen molar-refractivity contribution in [3.05, 3.63) is 66.2 Å². The predicted octanol–water partition coefficient (Wildman–Crippen LogP) is 3.20. The minimum Gasteiger partial charge on any atom is -0.326 e. The highest BCUT2D eigenvalue weighted by Crippen LogP contribution is 2.23. The third kappa shape index (κ3) is 2.41. The first-order valence-electron chi connectivity index (χ1n) is 6.27. The second-order valence-electron chi connectivity index (χ2n) is 4.43. The zero-order valence-electron chi connectivity index (χ0n) is 10.5. The van der Waals surface area contributed by atoms with Crippen LogP contribution in [0.15, 0.2) is 60.7 Å². The lowest BCUT2D eigenvalue weighted by Crippen LogP contribution is -1.95. The Hall–Kier alpha value is -2.39. The molecular weight excluding hydrogens is 234 g/mol. The third-order valence-electron chi connectivity index (χ3n) is 3.15. The highest BCUT2D eigenvalue weighted by atomic mass is 15.1. The van der Waals surface area contributed by atoms with Gasteiger partial charge in [-0.3, -0.25) is 5.10 Å². The summed E-state index contributed by atoms with van der Waals surface area (Å²) < 4.78 is 0. The van der Waals surface area contributed by atoms with Crippen molar-refractivity contribution in [3.63, 3.8) is 0 Å². The summed E-state index contributed by atoms with van der Waals surface area (Å²) in [4.78, 5) is 0. The SMILES string of the molecule is NCc1ccc(-c2cc(-c3ccccc3)n[nH]2)cc1. The molecule has 0 aliphatic heterocycles. The number of hydrogen-bond donors (Lipinski definition) is 2. The van der Waals surface area contributed by atoms with Gasteiger partial charge in [-0.25, -0.2) is 0 Å². The molecule has 0 bridgehead atoms. The van der Waals surface area contributed by atoms with Crippen LogP contribution in [-0.2, 0) is 6.54 Å². The molecule has 19 heavy (non-hydrogen) atoms. The van der Waals surface area contributed by atoms with Crippen molar-refractivity contribution in [2.75, 3.05) is 0 Å². The van der Waals surface area contributed by atoms with Crippen LogP contribution in [0.3, 0.4) is 0 Å². The van der Waals surface area contributed by atoms with Crippen molar-refractivity contribution in [2.45, 2.75) is 6.54 Å². The topological polar surface area (TPSA) is 54.7 Å². The summed E-state index contributed by atoms with van der Waals surface area (Å²) >= 11 is 0. The summed E-state index contributed by atoms with van der Waals surface area (Å²) in [7, 11) is 0. The molecule has 1 aromatic heterocycles. The number of aromatic amines is 1. The quantitative estimate of drug-likeness (QED) is 0.749. The number of nitrogens with two attached hydrogens (primary N) is 1. The van der Waals surface area contributed by atoms with E-state index in [-0.39, 0.29) is 0 Å². The first-order valence-corrected chi connectivity index (χ1v) is 6.27. The monoisotopic (exact) mass is 249 g/mol. The van der Waals surface area contributed by atoms with E-state index < -0.39 is 0 Å². The van der Waals surface area contributed by atoms with Gasteiger partial charge in [0, 0.05) is 12.1 Å². The molecule has 0 saturated carbocycles. The Bertz CT molecular complexity index is 654. The Morgan fingerprint density at radius 3 is 2.32 bits per heavy atom. The average molecular weight is 249 g/mol. The molecule has 0 fully saturated rings. The van der Waals surface area contributed by atoms with E-state index in [0.29, 0.717) is 6.54 Å². The number of aromatic nitrogens is 2. The van der Waals surface area contributed by atoms with Crippen LogP contribution < -0.4 is 5.73 Å². The molecule has 0 radical (unpaired) electrons. The highest BCUT2D eigenvalue weighted by molar-refractivity contribution is 5.68. The van der Waals surface area contributed by atoms with Crippen LogP contribution in [-0.4, -0.2) is 10.2 Å². The Morgan fingerprint density at radius 2 is 1.63 bits per heavy atom. The van der Waals surface area contributed by atoms with E-state index in [1.165, 1.54) is 0 Å². The van der Waals surface area contributed by atoms with E-state index in [9.17, 15) is 0 Å². The number of hydrogen-bond acceptors (Lipinski definition) is 2. The molecule has 0 amide bonds. The van der Waals surface area contributed by atoms with Crippen molar-refractivity contribution < 1.29 is 0 Å². The third-order valence-corrected chi connectivity index (χ3v) is 3.15. The molecule has 3 rings (SSSR count). The van der Waals surface area contributed by atoms with E-state index >= 15 is 0 Å². The lowest BCUT2D eigenvalue weighted by molar-refractivity contribution is 1.07. The molecule has 3 aromatic rings. The number of benzene rings is 2. The van der Waals surface area contributed by atoms with Crippen LogP contribution in [0.1, 0.15) is 5.56 Å². The predicted molar refractivity (Wildman–Crippen MR) is 77.4 cm³/mol. The summed E-state index contributed by atoms with van der Waals surface area (Å²) in [5.74, 6) is 0. The van der Waals surface area contributed by atoms with E-state index in [2.05, 4.69) is 40.5 Å². The van der Waals surface area contributed by atoms with E-state index in [4.69, 9.17) is 5.73 Å². The van der Waals surface area contributed by atoms with Crippen LogP contribution in [0.4, 0.5) is 0 Å². The number of nitrogens with zero attached hydrogens (tertiary/aromatic N) is 1. The van der Waals surface area contributed by atoms with Crippen LogP contribution in [0, 0.1) is 0 Å². The summed E-state index contributed by atoms with van der Waals surface area (Å²) in [6, 6.07) is 20.4. The fraction of sp³-hybridized carbons (Fsp3) is 0.0625. The molecular formula is C16H15N3. The number of H-pyrrole nitrogens is 1. The van der Waals surface area contributed by atoms with Crippen molar-refractivity contribution in [3.8, 4) is 22.5 Å². The maximum absolute atomic E-state index is 5.60. The Morgan fingerprint density at radius 1 is 0.895 bits per heavy atom. The minimum absolute atomic E-state index is 0.568. The van der Waals surface area contributed by atoms with Gasteiger partial charge >= 0.3 is 0 Å². The fourth-order valence-corrected chi connectivity index (χ4v) is 2.05. The standard InChI is InChI=1S/C16H15N3/c17-11-12-6-8-14(9-7-12)16-10-15(18-19-16)13-4-2-1-3-5-13/h1-10H,11,17H2,(H,18,19). The zero-order valence-corrected chi connectivity index (χ0v) is 10.5. The van der Waals surface area contributed by atoms with Gasteiger partial charge in [0.2, 0.25) is 0 Å². The summed E-state index contributed by atoms with van der Waals surface area (Å²) in [6.45, 7) is 0.568. The molecule has 3 heteroatoms. The molecule has 3 N–H and O–H groups in total. The maximum atomic E-state index is 5.60. The van der Waals surface area contributed by atoms with Gasteiger partial charge in [0.1, 0.15) is 0 Å². The summed E-state index contributed by atoms with van der Waals surface area (Å²) in [5, 5.41) is 7.43.